The largest absolute Gasteiger partial charge is 0.406 e. The molecule has 0 spiro atoms. The van der Waals surface area contributed by atoms with E-state index in [0.29, 0.717) is 18.8 Å². The van der Waals surface area contributed by atoms with Crippen LogP contribution in [0.4, 0.5) is 5.69 Å². The molecule has 0 radical (unpaired) electrons. The van der Waals surface area contributed by atoms with Gasteiger partial charge in [-0.05, 0) is 24.3 Å². The Hall–Kier alpha value is -2.63. The first-order valence-electron chi connectivity index (χ1n) is 7.94. The minimum atomic E-state index is -0.0321. The lowest BCUT2D eigenvalue weighted by molar-refractivity contribution is -0.118. The van der Waals surface area contributed by atoms with Crippen LogP contribution in [0.25, 0.3) is 0 Å². The fourth-order valence-electron chi connectivity index (χ4n) is 2.31. The van der Waals surface area contributed by atoms with Gasteiger partial charge in [0.25, 0.3) is 0 Å². The average molecular weight is 324 g/mol. The van der Waals surface area contributed by atoms with Crippen molar-refractivity contribution in [3.05, 3.63) is 72.4 Å². The monoisotopic (exact) mass is 324 g/mol. The van der Waals surface area contributed by atoms with E-state index in [1.807, 2.05) is 47.5 Å². The van der Waals surface area contributed by atoms with Gasteiger partial charge in [0.15, 0.2) is 5.78 Å². The van der Waals surface area contributed by atoms with Gasteiger partial charge in [-0.3, -0.25) is 4.79 Å². The summed E-state index contributed by atoms with van der Waals surface area (Å²) < 4.78 is 5.29. The molecule has 2 aromatic carbocycles. The summed E-state index contributed by atoms with van der Waals surface area (Å²) >= 11 is 0. The molecule has 0 aliphatic carbocycles. The second-order valence-corrected chi connectivity index (χ2v) is 5.37. The molecule has 124 valence electrons. The zero-order valence-corrected chi connectivity index (χ0v) is 13.4. The smallest absolute Gasteiger partial charge is 0.187 e. The molecule has 5 heteroatoms. The molecule has 1 aliphatic rings. The van der Waals surface area contributed by atoms with Crippen molar-refractivity contribution < 1.29 is 14.4 Å². The van der Waals surface area contributed by atoms with Crippen LogP contribution in [-0.2, 0) is 4.74 Å². The van der Waals surface area contributed by atoms with Crippen LogP contribution in [0, 0.1) is 0 Å². The Balaban J connectivity index is 1.50. The van der Waals surface area contributed by atoms with Gasteiger partial charge in [0.2, 0.25) is 0 Å². The number of benzene rings is 2. The third kappa shape index (κ3) is 4.68. The van der Waals surface area contributed by atoms with E-state index in [1.165, 1.54) is 6.08 Å². The summed E-state index contributed by atoms with van der Waals surface area (Å²) in [5, 5.41) is 4.98. The molecule has 2 aromatic rings. The van der Waals surface area contributed by atoms with Gasteiger partial charge < -0.3 is 14.9 Å². The van der Waals surface area contributed by atoms with Crippen LogP contribution in [0.3, 0.4) is 0 Å². The normalized spacial score (nSPS) is 15.3. The molecule has 0 saturated carbocycles. The van der Waals surface area contributed by atoms with E-state index >= 15 is 0 Å². The molecule has 0 atom stereocenters. The number of ketones is 1. The second kappa shape index (κ2) is 8.29. The van der Waals surface area contributed by atoms with E-state index in [1.54, 1.807) is 18.3 Å². The molecule has 1 aliphatic heterocycles. The van der Waals surface area contributed by atoms with E-state index < -0.39 is 0 Å². The molecule has 1 N–H and O–H groups in total. The Labute approximate surface area is 141 Å². The van der Waals surface area contributed by atoms with Crippen LogP contribution in [0.5, 0.6) is 5.75 Å². The molecule has 1 saturated heterocycles. The molecule has 0 amide bonds. The fraction of sp³-hybridized carbons (Fsp3) is 0.211. The molecule has 0 bridgehead atoms. The van der Waals surface area contributed by atoms with Gasteiger partial charge in [-0.25, -0.2) is 0 Å². The molecule has 0 unspecified atom stereocenters. The van der Waals surface area contributed by atoms with Crippen molar-refractivity contribution in [3.8, 4) is 5.75 Å². The number of hydrogen-bond acceptors (Lipinski definition) is 5. The van der Waals surface area contributed by atoms with Crippen molar-refractivity contribution in [1.29, 1.82) is 0 Å². The van der Waals surface area contributed by atoms with Gasteiger partial charge in [-0.1, -0.05) is 30.3 Å². The number of carbonyl (C=O) groups is 1. The first-order chi connectivity index (χ1) is 11.8. The van der Waals surface area contributed by atoms with Crippen LogP contribution in [-0.4, -0.2) is 37.1 Å². The van der Waals surface area contributed by atoms with E-state index in [2.05, 4.69) is 5.32 Å². The summed E-state index contributed by atoms with van der Waals surface area (Å²) in [7, 11) is 0. The lowest BCUT2D eigenvalue weighted by Crippen LogP contribution is -2.38. The summed E-state index contributed by atoms with van der Waals surface area (Å²) in [6, 6.07) is 16.8. The van der Waals surface area contributed by atoms with Gasteiger partial charge in [0.1, 0.15) is 5.75 Å². The quantitative estimate of drug-likeness (QED) is 0.653. The molecule has 5 nitrogen and oxygen atoms in total. The van der Waals surface area contributed by atoms with Crippen molar-refractivity contribution in [2.45, 2.75) is 0 Å². The zero-order chi connectivity index (χ0) is 16.6. The second-order valence-electron chi connectivity index (χ2n) is 5.37. The Bertz CT molecular complexity index is 678. The highest BCUT2D eigenvalue weighted by atomic mass is 16.7. The number of anilines is 1. The molecular formula is C19H20N2O3. The summed E-state index contributed by atoms with van der Waals surface area (Å²) in [6.07, 6.45) is 3.17. The number of carbonyl (C=O) groups excluding carboxylic acids is 1. The lowest BCUT2D eigenvalue weighted by atomic mass is 10.1. The highest BCUT2D eigenvalue weighted by molar-refractivity contribution is 6.04. The topological polar surface area (TPSA) is 50.8 Å². The number of morpholine rings is 1. The fourth-order valence-corrected chi connectivity index (χ4v) is 2.31. The molecule has 24 heavy (non-hydrogen) atoms. The Morgan fingerprint density at radius 1 is 1.04 bits per heavy atom. The van der Waals surface area contributed by atoms with Crippen molar-refractivity contribution in [2.24, 2.45) is 0 Å². The predicted octanol–water partition coefficient (Wildman–Crippen LogP) is 3.12. The standard InChI is InChI=1S/C19H20N2O3/c22-19(16-4-2-1-3-5-16)10-11-20-17-6-8-18(9-7-17)24-21-12-14-23-15-13-21/h1-11,20H,12-15H2/b11-10+. The molecular weight excluding hydrogens is 304 g/mol. The maximum Gasteiger partial charge on any atom is 0.187 e. The van der Waals surface area contributed by atoms with Crippen molar-refractivity contribution in [3.63, 3.8) is 0 Å². The van der Waals surface area contributed by atoms with E-state index in [-0.39, 0.29) is 5.78 Å². The summed E-state index contributed by atoms with van der Waals surface area (Å²) in [4.78, 5) is 17.7. The van der Waals surface area contributed by atoms with E-state index in [0.717, 1.165) is 24.5 Å². The number of allylic oxidation sites excluding steroid dienone is 1. The van der Waals surface area contributed by atoms with Gasteiger partial charge in [0.05, 0.1) is 26.3 Å². The Kier molecular flexibility index (Phi) is 5.61. The summed E-state index contributed by atoms with van der Waals surface area (Å²) in [5.74, 6) is 0.752. The number of hydrogen-bond donors (Lipinski definition) is 1. The van der Waals surface area contributed by atoms with Crippen molar-refractivity contribution in [2.75, 3.05) is 31.6 Å². The third-order valence-electron chi connectivity index (χ3n) is 3.60. The zero-order valence-electron chi connectivity index (χ0n) is 13.4. The van der Waals surface area contributed by atoms with Gasteiger partial charge >= 0.3 is 0 Å². The lowest BCUT2D eigenvalue weighted by Gasteiger charge is -2.26. The predicted molar refractivity (Wildman–Crippen MR) is 93.0 cm³/mol. The third-order valence-corrected chi connectivity index (χ3v) is 3.60. The van der Waals surface area contributed by atoms with Gasteiger partial charge in [-0.2, -0.15) is 0 Å². The summed E-state index contributed by atoms with van der Waals surface area (Å²) in [5.41, 5.74) is 1.56. The van der Waals surface area contributed by atoms with Crippen molar-refractivity contribution >= 4 is 11.5 Å². The highest BCUT2D eigenvalue weighted by Crippen LogP contribution is 2.17. The minimum Gasteiger partial charge on any atom is -0.406 e. The van der Waals surface area contributed by atoms with Crippen LogP contribution >= 0.6 is 0 Å². The molecule has 0 aromatic heterocycles. The molecule has 1 fully saturated rings. The number of rotatable bonds is 6. The van der Waals surface area contributed by atoms with Gasteiger partial charge in [-0.15, -0.1) is 5.06 Å². The van der Waals surface area contributed by atoms with E-state index in [4.69, 9.17) is 9.57 Å². The Morgan fingerprint density at radius 2 is 1.75 bits per heavy atom. The van der Waals surface area contributed by atoms with E-state index in [9.17, 15) is 4.79 Å². The van der Waals surface area contributed by atoms with Gasteiger partial charge in [0, 0.05) is 23.5 Å². The minimum absolute atomic E-state index is 0.0321. The summed E-state index contributed by atoms with van der Waals surface area (Å²) in [6.45, 7) is 2.93. The maximum atomic E-state index is 11.9. The first kappa shape index (κ1) is 16.2. The van der Waals surface area contributed by atoms with Crippen LogP contribution < -0.4 is 10.2 Å². The van der Waals surface area contributed by atoms with Crippen LogP contribution in [0.2, 0.25) is 0 Å². The van der Waals surface area contributed by atoms with Crippen LogP contribution in [0.15, 0.2) is 66.9 Å². The molecule has 1 heterocycles. The first-order valence-corrected chi connectivity index (χ1v) is 7.94. The SMILES string of the molecule is O=C(/C=C/Nc1ccc(ON2CCOCC2)cc1)c1ccccc1. The number of nitrogens with one attached hydrogen (secondary N) is 1. The van der Waals surface area contributed by atoms with Crippen molar-refractivity contribution in [1.82, 2.24) is 5.06 Å². The Morgan fingerprint density at radius 3 is 2.46 bits per heavy atom. The highest BCUT2D eigenvalue weighted by Gasteiger charge is 2.11. The average Bonchev–Trinajstić information content (AvgIpc) is 2.65. The molecule has 3 rings (SSSR count). The van der Waals surface area contributed by atoms with Crippen LogP contribution in [0.1, 0.15) is 10.4 Å². The number of nitrogens with zero attached hydrogens (tertiary/aromatic N) is 1. The number of hydroxylamine groups is 2. The number of ether oxygens (including phenoxy) is 1. The maximum absolute atomic E-state index is 11.9.